The first-order chi connectivity index (χ1) is 4.88. The van der Waals surface area contributed by atoms with Crippen molar-refractivity contribution in [3.8, 4) is 0 Å². The Bertz CT molecular complexity index is 168. The van der Waals surface area contributed by atoms with Crippen molar-refractivity contribution < 1.29 is 9.90 Å². The van der Waals surface area contributed by atoms with Gasteiger partial charge in [-0.3, -0.25) is 0 Å². The zero-order valence-electron chi connectivity index (χ0n) is 7.64. The molecule has 0 aromatic rings. The van der Waals surface area contributed by atoms with Crippen molar-refractivity contribution in [2.24, 2.45) is 5.92 Å². The Morgan fingerprint density at radius 3 is 2.09 bits per heavy atom. The average Bonchev–Trinajstić information content (AvgIpc) is 1.79. The second-order valence-electron chi connectivity index (χ2n) is 3.74. The zero-order valence-corrected chi connectivity index (χ0v) is 7.64. The molecule has 64 valence electrons. The number of rotatable bonds is 3. The van der Waals surface area contributed by atoms with Crippen LogP contribution in [0.5, 0.6) is 0 Å². The van der Waals surface area contributed by atoms with Crippen LogP contribution in [0.4, 0.5) is 0 Å². The Morgan fingerprint density at radius 2 is 2.00 bits per heavy atom. The minimum atomic E-state index is -1.01. The van der Waals surface area contributed by atoms with E-state index in [2.05, 4.69) is 0 Å². The summed E-state index contributed by atoms with van der Waals surface area (Å²) in [7, 11) is 0. The van der Waals surface area contributed by atoms with Gasteiger partial charge in [-0.2, -0.15) is 0 Å². The third kappa shape index (κ3) is 3.97. The van der Waals surface area contributed by atoms with E-state index in [0.29, 0.717) is 17.9 Å². The summed E-state index contributed by atoms with van der Waals surface area (Å²) in [6.45, 7) is 7.22. The first kappa shape index (κ1) is 10.4. The maximum atomic E-state index is 10.4. The summed E-state index contributed by atoms with van der Waals surface area (Å²) in [5.74, 6) is 2.18. The molecule has 0 atom stereocenters. The van der Waals surface area contributed by atoms with Gasteiger partial charge in [0.25, 0.3) is 0 Å². The van der Waals surface area contributed by atoms with E-state index in [-0.39, 0.29) is 0 Å². The van der Waals surface area contributed by atoms with Gasteiger partial charge in [-0.25, -0.2) is 4.79 Å². The highest BCUT2D eigenvalue weighted by Gasteiger charge is 2.20. The van der Waals surface area contributed by atoms with Crippen LogP contribution in [0.1, 0.15) is 34.1 Å². The minimum Gasteiger partial charge on any atom is -0.385 e. The second-order valence-corrected chi connectivity index (χ2v) is 3.74. The van der Waals surface area contributed by atoms with Crippen LogP contribution >= 0.6 is 0 Å². The topological polar surface area (TPSA) is 37.3 Å². The van der Waals surface area contributed by atoms with E-state index in [1.54, 1.807) is 19.8 Å². The van der Waals surface area contributed by atoms with Crippen LogP contribution in [0.25, 0.3) is 0 Å². The van der Waals surface area contributed by atoms with Crippen molar-refractivity contribution in [3.05, 3.63) is 5.57 Å². The molecular formula is C9H16O2. The van der Waals surface area contributed by atoms with E-state index in [1.165, 1.54) is 0 Å². The van der Waals surface area contributed by atoms with Crippen molar-refractivity contribution in [2.45, 2.75) is 39.7 Å². The Hall–Kier alpha value is -0.590. The molecular weight excluding hydrogens is 140 g/mol. The summed E-state index contributed by atoms with van der Waals surface area (Å²) in [4.78, 5) is 10.4. The van der Waals surface area contributed by atoms with Gasteiger partial charge in [-0.1, -0.05) is 13.8 Å². The standard InChI is InChI=1S/C9H16O2/c1-7(2)5-8(6-10)9(3,4)11/h7,11H,5H2,1-4H3. The molecule has 0 saturated carbocycles. The van der Waals surface area contributed by atoms with Gasteiger partial charge in [0.15, 0.2) is 0 Å². The predicted octanol–water partition coefficient (Wildman–Crippen LogP) is 1.56. The molecule has 0 spiro atoms. The van der Waals surface area contributed by atoms with E-state index >= 15 is 0 Å². The Morgan fingerprint density at radius 1 is 1.55 bits per heavy atom. The van der Waals surface area contributed by atoms with Crippen LogP contribution in [-0.2, 0) is 4.79 Å². The van der Waals surface area contributed by atoms with Crippen molar-refractivity contribution in [2.75, 3.05) is 0 Å². The van der Waals surface area contributed by atoms with Gasteiger partial charge < -0.3 is 5.11 Å². The van der Waals surface area contributed by atoms with Crippen LogP contribution in [0.15, 0.2) is 5.57 Å². The van der Waals surface area contributed by atoms with Crippen LogP contribution in [0.3, 0.4) is 0 Å². The van der Waals surface area contributed by atoms with Gasteiger partial charge in [0, 0.05) is 5.57 Å². The summed E-state index contributed by atoms with van der Waals surface area (Å²) in [5.41, 5.74) is -0.557. The third-order valence-corrected chi connectivity index (χ3v) is 1.47. The van der Waals surface area contributed by atoms with E-state index in [4.69, 9.17) is 0 Å². The molecule has 0 bridgehead atoms. The normalized spacial score (nSPS) is 11.5. The van der Waals surface area contributed by atoms with Crippen molar-refractivity contribution in [1.29, 1.82) is 0 Å². The monoisotopic (exact) mass is 156 g/mol. The summed E-state index contributed by atoms with van der Waals surface area (Å²) in [5, 5.41) is 9.43. The average molecular weight is 156 g/mol. The first-order valence-corrected chi connectivity index (χ1v) is 3.84. The van der Waals surface area contributed by atoms with Crippen molar-refractivity contribution in [3.63, 3.8) is 0 Å². The summed E-state index contributed by atoms with van der Waals surface area (Å²) in [6.07, 6.45) is 0.618. The molecule has 0 saturated heterocycles. The van der Waals surface area contributed by atoms with Crippen LogP contribution in [0, 0.1) is 5.92 Å². The first-order valence-electron chi connectivity index (χ1n) is 3.84. The zero-order chi connectivity index (χ0) is 9.07. The third-order valence-electron chi connectivity index (χ3n) is 1.47. The lowest BCUT2D eigenvalue weighted by Crippen LogP contribution is -2.23. The fraction of sp³-hybridized carbons (Fsp3) is 0.778. The molecule has 0 unspecified atom stereocenters. The lowest BCUT2D eigenvalue weighted by atomic mass is 9.92. The molecule has 0 rings (SSSR count). The van der Waals surface area contributed by atoms with Crippen molar-refractivity contribution in [1.82, 2.24) is 0 Å². The van der Waals surface area contributed by atoms with Gasteiger partial charge in [-0.15, -0.1) is 0 Å². The molecule has 2 heteroatoms. The molecule has 0 amide bonds. The minimum absolute atomic E-state index is 0.387. The maximum Gasteiger partial charge on any atom is 0.126 e. The van der Waals surface area contributed by atoms with Crippen LogP contribution in [0.2, 0.25) is 0 Å². The molecule has 0 aromatic heterocycles. The molecule has 0 fully saturated rings. The SMILES string of the molecule is CC(C)CC(=C=O)C(C)(C)O. The van der Waals surface area contributed by atoms with Gasteiger partial charge >= 0.3 is 0 Å². The smallest absolute Gasteiger partial charge is 0.126 e. The van der Waals surface area contributed by atoms with Gasteiger partial charge in [-0.05, 0) is 26.2 Å². The van der Waals surface area contributed by atoms with E-state index < -0.39 is 5.60 Å². The largest absolute Gasteiger partial charge is 0.385 e. The quantitative estimate of drug-likeness (QED) is 0.630. The van der Waals surface area contributed by atoms with E-state index in [9.17, 15) is 9.90 Å². The lowest BCUT2D eigenvalue weighted by molar-refractivity contribution is 0.115. The summed E-state index contributed by atoms with van der Waals surface area (Å²) >= 11 is 0. The predicted molar refractivity (Wildman–Crippen MR) is 45.0 cm³/mol. The summed E-state index contributed by atoms with van der Waals surface area (Å²) in [6, 6.07) is 0. The molecule has 1 N–H and O–H groups in total. The van der Waals surface area contributed by atoms with E-state index in [0.717, 1.165) is 0 Å². The fourth-order valence-electron chi connectivity index (χ4n) is 0.825. The summed E-state index contributed by atoms with van der Waals surface area (Å²) < 4.78 is 0. The molecule has 0 aromatic carbocycles. The Labute approximate surface area is 67.9 Å². The number of aliphatic hydroxyl groups is 1. The van der Waals surface area contributed by atoms with Crippen molar-refractivity contribution >= 4 is 5.94 Å². The lowest BCUT2D eigenvalue weighted by Gasteiger charge is -2.19. The van der Waals surface area contributed by atoms with Crippen LogP contribution in [-0.4, -0.2) is 16.6 Å². The molecule has 0 heterocycles. The maximum absolute atomic E-state index is 10.4. The highest BCUT2D eigenvalue weighted by Crippen LogP contribution is 2.19. The number of hydrogen-bond donors (Lipinski definition) is 1. The molecule has 0 aliphatic rings. The molecule has 0 radical (unpaired) electrons. The van der Waals surface area contributed by atoms with Crippen LogP contribution < -0.4 is 0 Å². The molecule has 2 nitrogen and oxygen atoms in total. The highest BCUT2D eigenvalue weighted by molar-refractivity contribution is 5.55. The van der Waals surface area contributed by atoms with E-state index in [1.807, 2.05) is 13.8 Å². The molecule has 0 aliphatic heterocycles. The van der Waals surface area contributed by atoms with Gasteiger partial charge in [0.05, 0.1) is 5.60 Å². The van der Waals surface area contributed by atoms with Gasteiger partial charge in [0.1, 0.15) is 5.94 Å². The molecule has 0 aliphatic carbocycles. The highest BCUT2D eigenvalue weighted by atomic mass is 16.3. The Balaban J connectivity index is 4.34. The Kier molecular flexibility index (Phi) is 3.50. The van der Waals surface area contributed by atoms with Gasteiger partial charge in [0.2, 0.25) is 0 Å². The number of carbonyl (C=O) groups excluding carboxylic acids is 1. The fourth-order valence-corrected chi connectivity index (χ4v) is 0.825. The number of hydrogen-bond acceptors (Lipinski definition) is 2. The second kappa shape index (κ2) is 3.70. The molecule has 11 heavy (non-hydrogen) atoms.